The van der Waals surface area contributed by atoms with Crippen LogP contribution in [0.5, 0.6) is 0 Å². The molecule has 3 N–H and O–H groups in total. The van der Waals surface area contributed by atoms with E-state index in [1.807, 2.05) is 0 Å². The van der Waals surface area contributed by atoms with Crippen molar-refractivity contribution in [2.45, 2.75) is 56.6 Å². The topological polar surface area (TPSA) is 143 Å². The van der Waals surface area contributed by atoms with Crippen molar-refractivity contribution >= 4 is 29.4 Å². The fourth-order valence-electron chi connectivity index (χ4n) is 6.58. The number of hydrogen-bond donors (Lipinski definition) is 3. The summed E-state index contributed by atoms with van der Waals surface area (Å²) in [5.74, 6) is -4.30. The second-order valence-electron chi connectivity index (χ2n) is 10.9. The van der Waals surface area contributed by atoms with Crippen LogP contribution in [0.15, 0.2) is 0 Å². The van der Waals surface area contributed by atoms with Crippen molar-refractivity contribution in [2.75, 3.05) is 32.9 Å². The Kier molecular flexibility index (Phi) is 7.37. The van der Waals surface area contributed by atoms with Gasteiger partial charge in [0, 0.05) is 36.9 Å². The number of likely N-dealkylation sites (tertiary alicyclic amines) is 1. The molecule has 210 valence electrons. The van der Waals surface area contributed by atoms with Crippen LogP contribution in [-0.2, 0) is 33.4 Å². The number of Topliss-reactive ketones (excluding diaryl/α,β-unsaturated/α-hetero) is 1. The molecule has 0 aromatic rings. The molecule has 5 aliphatic rings. The van der Waals surface area contributed by atoms with Gasteiger partial charge >= 0.3 is 18.2 Å². The Bertz CT molecular complexity index is 998. The van der Waals surface area contributed by atoms with Crippen LogP contribution in [0.1, 0.15) is 32.1 Å². The number of amides is 4. The average Bonchev–Trinajstić information content (AvgIpc) is 3.42. The summed E-state index contributed by atoms with van der Waals surface area (Å²) < 4.78 is 46.7. The predicted octanol–water partition coefficient (Wildman–Crippen LogP) is -0.509. The summed E-state index contributed by atoms with van der Waals surface area (Å²) >= 11 is 0. The molecule has 0 bridgehead atoms. The van der Waals surface area contributed by atoms with E-state index in [4.69, 9.17) is 4.74 Å². The highest BCUT2D eigenvalue weighted by Crippen LogP contribution is 2.45. The summed E-state index contributed by atoms with van der Waals surface area (Å²) in [5, 5.41) is 7.84. The first-order valence-electron chi connectivity index (χ1n) is 13.0. The lowest BCUT2D eigenvalue weighted by molar-refractivity contribution is -0.321. The van der Waals surface area contributed by atoms with E-state index in [-0.39, 0.29) is 48.6 Å². The second-order valence-corrected chi connectivity index (χ2v) is 10.9. The van der Waals surface area contributed by atoms with E-state index in [1.165, 1.54) is 4.90 Å². The van der Waals surface area contributed by atoms with E-state index in [2.05, 4.69) is 20.7 Å². The zero-order valence-corrected chi connectivity index (χ0v) is 20.6. The van der Waals surface area contributed by atoms with Gasteiger partial charge in [0.05, 0.1) is 19.3 Å². The van der Waals surface area contributed by atoms with Crippen LogP contribution < -0.4 is 16.0 Å². The summed E-state index contributed by atoms with van der Waals surface area (Å²) in [4.78, 5) is 65.4. The number of halogens is 3. The summed E-state index contributed by atoms with van der Waals surface area (Å²) in [7, 11) is 0. The highest BCUT2D eigenvalue weighted by Gasteiger charge is 2.56. The van der Waals surface area contributed by atoms with Crippen LogP contribution in [0, 0.1) is 29.6 Å². The molecule has 5 rings (SSSR count). The molecule has 3 aliphatic heterocycles. The second kappa shape index (κ2) is 10.4. The fourth-order valence-corrected chi connectivity index (χ4v) is 6.58. The number of alkyl halides is 3. The molecule has 3 saturated heterocycles. The van der Waals surface area contributed by atoms with Gasteiger partial charge in [-0.3, -0.25) is 28.7 Å². The molecule has 0 spiro atoms. The van der Waals surface area contributed by atoms with Crippen LogP contribution in [-0.4, -0.2) is 91.7 Å². The van der Waals surface area contributed by atoms with Crippen LogP contribution in [0.4, 0.5) is 13.2 Å². The standard InChI is InChI=1S/C24H31F3N4O7/c25-24(26,27)38-10-17(32)16(6-11-4-5-28-20(11)33)29-21(34)19-13-3-1-2-12(13)7-31(19)23(36)22(35)30-18-14-8-37-9-15(14)18/h11-16,18-19H,1-10H2,(H,28,33)(H,29,34)(H,30,35)/t11-,12-,13-,14-,15+,16-,18+,19-/m0/s1. The Morgan fingerprint density at radius 2 is 1.84 bits per heavy atom. The van der Waals surface area contributed by atoms with Crippen LogP contribution in [0.2, 0.25) is 0 Å². The van der Waals surface area contributed by atoms with Crippen LogP contribution in [0.3, 0.4) is 0 Å². The molecule has 11 nitrogen and oxygen atoms in total. The lowest BCUT2D eigenvalue weighted by Crippen LogP contribution is -2.56. The molecule has 2 saturated carbocycles. The zero-order valence-electron chi connectivity index (χ0n) is 20.6. The largest absolute Gasteiger partial charge is 0.522 e. The first-order chi connectivity index (χ1) is 18.0. The third-order valence-electron chi connectivity index (χ3n) is 8.63. The number of nitrogens with zero attached hydrogens (tertiary/aromatic N) is 1. The molecular formula is C24H31F3N4O7. The SMILES string of the molecule is O=C(N[C@H]1[C@@H]2COC[C@@H]21)C(=O)N1C[C@@H]2CCC[C@@H]2[C@H]1C(=O)N[C@@H](C[C@@H]1CCNC1=O)C(=O)COC(F)(F)F. The van der Waals surface area contributed by atoms with Crippen molar-refractivity contribution in [3.05, 3.63) is 0 Å². The number of rotatable bonds is 8. The molecule has 8 atom stereocenters. The number of hydrogen-bond acceptors (Lipinski definition) is 7. The highest BCUT2D eigenvalue weighted by atomic mass is 19.4. The maximum atomic E-state index is 13.5. The first-order valence-corrected chi connectivity index (χ1v) is 13.0. The van der Waals surface area contributed by atoms with Gasteiger partial charge in [-0.25, -0.2) is 0 Å². The Labute approximate surface area is 216 Å². The van der Waals surface area contributed by atoms with Crippen molar-refractivity contribution in [1.29, 1.82) is 0 Å². The summed E-state index contributed by atoms with van der Waals surface area (Å²) in [6.07, 6.45) is -2.62. The van der Waals surface area contributed by atoms with Gasteiger partial charge < -0.3 is 25.6 Å². The van der Waals surface area contributed by atoms with Gasteiger partial charge in [-0.05, 0) is 37.5 Å². The molecule has 2 aliphatic carbocycles. The predicted molar refractivity (Wildman–Crippen MR) is 121 cm³/mol. The number of carbonyl (C=O) groups excluding carboxylic acids is 5. The third-order valence-corrected chi connectivity index (χ3v) is 8.63. The van der Waals surface area contributed by atoms with E-state index in [0.29, 0.717) is 32.6 Å². The number of fused-ring (bicyclic) bond motifs is 2. The minimum absolute atomic E-state index is 0.000435. The van der Waals surface area contributed by atoms with Crippen LogP contribution >= 0.6 is 0 Å². The Morgan fingerprint density at radius 3 is 2.50 bits per heavy atom. The molecule has 0 radical (unpaired) electrons. The minimum atomic E-state index is -5.04. The zero-order chi connectivity index (χ0) is 27.2. The first kappa shape index (κ1) is 26.9. The quantitative estimate of drug-likeness (QED) is 0.350. The number of nitrogens with one attached hydrogen (secondary N) is 3. The molecule has 3 heterocycles. The maximum Gasteiger partial charge on any atom is 0.522 e. The highest BCUT2D eigenvalue weighted by molar-refractivity contribution is 6.35. The Balaban J connectivity index is 1.28. The Morgan fingerprint density at radius 1 is 1.11 bits per heavy atom. The molecule has 14 heteroatoms. The average molecular weight is 545 g/mol. The van der Waals surface area contributed by atoms with E-state index in [0.717, 1.165) is 12.8 Å². The van der Waals surface area contributed by atoms with Crippen molar-refractivity contribution in [3.8, 4) is 0 Å². The third kappa shape index (κ3) is 5.51. The monoisotopic (exact) mass is 544 g/mol. The summed E-state index contributed by atoms with van der Waals surface area (Å²) in [6, 6.07) is -2.60. The van der Waals surface area contributed by atoms with Gasteiger partial charge in [0.15, 0.2) is 5.78 Å². The van der Waals surface area contributed by atoms with E-state index in [1.54, 1.807) is 0 Å². The van der Waals surface area contributed by atoms with E-state index < -0.39 is 54.5 Å². The van der Waals surface area contributed by atoms with Gasteiger partial charge in [0.25, 0.3) is 0 Å². The molecule has 0 aromatic carbocycles. The number of ketones is 1. The summed E-state index contributed by atoms with van der Waals surface area (Å²) in [5.41, 5.74) is 0. The normalized spacial score (nSPS) is 34.3. The van der Waals surface area contributed by atoms with Crippen LogP contribution in [0.25, 0.3) is 0 Å². The number of ether oxygens (including phenoxy) is 2. The molecule has 38 heavy (non-hydrogen) atoms. The molecule has 0 unspecified atom stereocenters. The number of carbonyl (C=O) groups is 5. The van der Waals surface area contributed by atoms with E-state index >= 15 is 0 Å². The van der Waals surface area contributed by atoms with Gasteiger partial charge in [0.2, 0.25) is 11.8 Å². The maximum absolute atomic E-state index is 13.5. The van der Waals surface area contributed by atoms with Gasteiger partial charge in [-0.15, -0.1) is 13.2 Å². The van der Waals surface area contributed by atoms with Crippen molar-refractivity contribution < 1.29 is 46.6 Å². The van der Waals surface area contributed by atoms with E-state index in [9.17, 15) is 37.1 Å². The lowest BCUT2D eigenvalue weighted by Gasteiger charge is -2.29. The molecule has 0 aromatic heterocycles. The smallest absolute Gasteiger partial charge is 0.381 e. The van der Waals surface area contributed by atoms with Crippen molar-refractivity contribution in [3.63, 3.8) is 0 Å². The molecule has 5 fully saturated rings. The molecule has 4 amide bonds. The van der Waals surface area contributed by atoms with Crippen molar-refractivity contribution in [2.24, 2.45) is 29.6 Å². The molecular weight excluding hydrogens is 513 g/mol. The fraction of sp³-hybridized carbons (Fsp3) is 0.792. The van der Waals surface area contributed by atoms with Crippen molar-refractivity contribution in [1.82, 2.24) is 20.9 Å². The van der Waals surface area contributed by atoms with Gasteiger partial charge in [-0.1, -0.05) is 6.42 Å². The minimum Gasteiger partial charge on any atom is -0.381 e. The Hall–Kier alpha value is -2.74. The lowest BCUT2D eigenvalue weighted by atomic mass is 9.92. The summed E-state index contributed by atoms with van der Waals surface area (Å²) in [6.45, 7) is 0.287. The van der Waals surface area contributed by atoms with Gasteiger partial charge in [-0.2, -0.15) is 0 Å². The van der Waals surface area contributed by atoms with Gasteiger partial charge in [0.1, 0.15) is 12.6 Å².